The first kappa shape index (κ1) is 17.4. The van der Waals surface area contributed by atoms with Crippen LogP contribution in [0.4, 0.5) is 0 Å². The van der Waals surface area contributed by atoms with Crippen LogP contribution in [-0.2, 0) is 23.1 Å². The lowest BCUT2D eigenvalue weighted by molar-refractivity contribution is -0.139. The molecule has 134 valence electrons. The lowest BCUT2D eigenvalue weighted by Gasteiger charge is -2.48. The zero-order valence-corrected chi connectivity index (χ0v) is 15.0. The van der Waals surface area contributed by atoms with Gasteiger partial charge in [0.1, 0.15) is 5.82 Å². The van der Waals surface area contributed by atoms with Crippen LogP contribution >= 0.6 is 0 Å². The molecule has 2 aliphatic rings. The zero-order chi connectivity index (χ0) is 17.0. The fraction of sp³-hybridized carbons (Fsp3) is 0.778. The molecule has 0 radical (unpaired) electrons. The second-order valence-electron chi connectivity index (χ2n) is 7.43. The summed E-state index contributed by atoms with van der Waals surface area (Å²) in [5, 5.41) is 0. The molecule has 3 heterocycles. The number of nitrogens with zero attached hydrogens (tertiary/aromatic N) is 4. The fourth-order valence-corrected chi connectivity index (χ4v) is 4.23. The Kier molecular flexibility index (Phi) is 5.56. The summed E-state index contributed by atoms with van der Waals surface area (Å²) in [5.41, 5.74) is 0.268. The zero-order valence-electron chi connectivity index (χ0n) is 15.0. The van der Waals surface area contributed by atoms with Crippen molar-refractivity contribution in [2.24, 2.45) is 12.5 Å². The van der Waals surface area contributed by atoms with E-state index in [0.29, 0.717) is 12.3 Å². The summed E-state index contributed by atoms with van der Waals surface area (Å²) >= 11 is 0. The molecule has 1 aromatic rings. The summed E-state index contributed by atoms with van der Waals surface area (Å²) in [6.07, 6.45) is 8.97. The van der Waals surface area contributed by atoms with Crippen LogP contribution in [0.2, 0.25) is 0 Å². The Labute approximate surface area is 144 Å². The van der Waals surface area contributed by atoms with Crippen molar-refractivity contribution in [1.29, 1.82) is 0 Å². The van der Waals surface area contributed by atoms with Gasteiger partial charge in [0.25, 0.3) is 0 Å². The molecule has 2 saturated heterocycles. The third-order valence-electron chi connectivity index (χ3n) is 5.55. The van der Waals surface area contributed by atoms with Crippen LogP contribution in [0.1, 0.15) is 37.9 Å². The minimum absolute atomic E-state index is 0.268. The number of ether oxygens (including phenoxy) is 1. The molecule has 0 N–H and O–H groups in total. The Bertz CT molecular complexity index is 559. The molecular weight excluding hydrogens is 304 g/mol. The van der Waals surface area contributed by atoms with Gasteiger partial charge in [0, 0.05) is 64.6 Å². The van der Waals surface area contributed by atoms with E-state index in [4.69, 9.17) is 4.74 Å². The molecular formula is C18H30N4O2. The number of rotatable bonds is 6. The summed E-state index contributed by atoms with van der Waals surface area (Å²) in [6, 6.07) is 0. The first-order chi connectivity index (χ1) is 11.6. The van der Waals surface area contributed by atoms with Crippen molar-refractivity contribution in [3.05, 3.63) is 18.2 Å². The maximum absolute atomic E-state index is 12.3. The largest absolute Gasteiger partial charge is 0.385 e. The molecule has 0 unspecified atom stereocenters. The Balaban J connectivity index is 1.61. The molecule has 0 saturated carbocycles. The number of likely N-dealkylation sites (tertiary alicyclic amines) is 2. The molecule has 0 aromatic carbocycles. The van der Waals surface area contributed by atoms with Crippen molar-refractivity contribution < 1.29 is 9.53 Å². The molecule has 0 aliphatic carbocycles. The predicted octanol–water partition coefficient (Wildman–Crippen LogP) is 1.66. The van der Waals surface area contributed by atoms with Gasteiger partial charge in [-0.2, -0.15) is 0 Å². The minimum Gasteiger partial charge on any atom is -0.385 e. The van der Waals surface area contributed by atoms with Gasteiger partial charge in [-0.05, 0) is 32.2 Å². The number of hydrogen-bond donors (Lipinski definition) is 0. The summed E-state index contributed by atoms with van der Waals surface area (Å²) in [5.74, 6) is 1.44. The van der Waals surface area contributed by atoms with Crippen LogP contribution in [0.25, 0.3) is 0 Å². The molecule has 6 nitrogen and oxygen atoms in total. The Morgan fingerprint density at radius 2 is 2.21 bits per heavy atom. The average Bonchev–Trinajstić information content (AvgIpc) is 2.97. The van der Waals surface area contributed by atoms with Crippen molar-refractivity contribution in [3.63, 3.8) is 0 Å². The van der Waals surface area contributed by atoms with Crippen molar-refractivity contribution in [2.75, 3.05) is 39.9 Å². The highest BCUT2D eigenvalue weighted by molar-refractivity contribution is 5.77. The number of carbonyl (C=O) groups excluding carboxylic acids is 1. The molecule has 1 amide bonds. The highest BCUT2D eigenvalue weighted by Gasteiger charge is 2.41. The number of piperidine rings is 2. The normalized spacial score (nSPS) is 25.6. The molecule has 2 aliphatic heterocycles. The van der Waals surface area contributed by atoms with E-state index in [9.17, 15) is 4.79 Å². The van der Waals surface area contributed by atoms with Crippen LogP contribution in [0.3, 0.4) is 0 Å². The van der Waals surface area contributed by atoms with Gasteiger partial charge in [0.05, 0.1) is 6.54 Å². The highest BCUT2D eigenvalue weighted by atomic mass is 16.5. The highest BCUT2D eigenvalue weighted by Crippen LogP contribution is 2.39. The van der Waals surface area contributed by atoms with E-state index in [0.717, 1.165) is 58.0 Å². The molecule has 3 rings (SSSR count). The minimum atomic E-state index is 0.268. The first-order valence-corrected chi connectivity index (χ1v) is 9.07. The van der Waals surface area contributed by atoms with Gasteiger partial charge in [-0.1, -0.05) is 0 Å². The maximum atomic E-state index is 12.3. The summed E-state index contributed by atoms with van der Waals surface area (Å²) < 4.78 is 7.24. The monoisotopic (exact) mass is 334 g/mol. The third-order valence-corrected chi connectivity index (χ3v) is 5.55. The van der Waals surface area contributed by atoms with Gasteiger partial charge >= 0.3 is 0 Å². The number of aryl methyl sites for hydroxylation is 1. The Hall–Kier alpha value is -1.40. The summed E-state index contributed by atoms with van der Waals surface area (Å²) in [7, 11) is 3.77. The molecule has 6 heteroatoms. The van der Waals surface area contributed by atoms with Crippen molar-refractivity contribution >= 4 is 5.91 Å². The Morgan fingerprint density at radius 1 is 1.33 bits per heavy atom. The third kappa shape index (κ3) is 3.98. The molecule has 1 atom stereocenters. The average molecular weight is 334 g/mol. The van der Waals surface area contributed by atoms with E-state index in [1.54, 1.807) is 7.11 Å². The van der Waals surface area contributed by atoms with Gasteiger partial charge in [-0.15, -0.1) is 0 Å². The second kappa shape index (κ2) is 7.66. The van der Waals surface area contributed by atoms with Crippen LogP contribution in [0, 0.1) is 5.41 Å². The van der Waals surface area contributed by atoms with Crippen molar-refractivity contribution in [3.8, 4) is 0 Å². The van der Waals surface area contributed by atoms with Gasteiger partial charge < -0.3 is 14.2 Å². The van der Waals surface area contributed by atoms with Crippen molar-refractivity contribution in [2.45, 2.75) is 38.6 Å². The Morgan fingerprint density at radius 3 is 2.96 bits per heavy atom. The molecule has 2 fully saturated rings. The summed E-state index contributed by atoms with van der Waals surface area (Å²) in [6.45, 7) is 5.57. The topological polar surface area (TPSA) is 50.6 Å². The smallest absolute Gasteiger partial charge is 0.222 e. The molecule has 1 spiro atoms. The van der Waals surface area contributed by atoms with E-state index in [2.05, 4.69) is 26.4 Å². The van der Waals surface area contributed by atoms with Crippen LogP contribution in [0.5, 0.6) is 0 Å². The summed E-state index contributed by atoms with van der Waals surface area (Å²) in [4.78, 5) is 21.3. The van der Waals surface area contributed by atoms with Gasteiger partial charge in [0.15, 0.2) is 0 Å². The van der Waals surface area contributed by atoms with E-state index in [1.165, 1.54) is 12.8 Å². The van der Waals surface area contributed by atoms with Gasteiger partial charge in [-0.3, -0.25) is 9.69 Å². The molecule has 0 bridgehead atoms. The van der Waals surface area contributed by atoms with Gasteiger partial charge in [0.2, 0.25) is 5.91 Å². The maximum Gasteiger partial charge on any atom is 0.222 e. The van der Waals surface area contributed by atoms with E-state index in [-0.39, 0.29) is 5.41 Å². The molecule has 1 aromatic heterocycles. The number of carbonyl (C=O) groups is 1. The SMILES string of the molecule is COCCCN1C[C@]2(CCCN(Cc3nccn3C)C2)CCC1=O. The lowest BCUT2D eigenvalue weighted by Crippen LogP contribution is -2.54. The number of amides is 1. The standard InChI is InChI=1S/C18H30N4O2/c1-20-11-8-19-16(20)13-21-9-3-6-18(14-21)7-5-17(23)22(15-18)10-4-12-24-2/h8,11H,3-7,9-10,12-15H2,1-2H3/t18-/m1/s1. The van der Waals surface area contributed by atoms with E-state index < -0.39 is 0 Å². The van der Waals surface area contributed by atoms with E-state index in [1.807, 2.05) is 12.4 Å². The van der Waals surface area contributed by atoms with E-state index >= 15 is 0 Å². The lowest BCUT2D eigenvalue weighted by atomic mass is 9.73. The second-order valence-corrected chi connectivity index (χ2v) is 7.43. The first-order valence-electron chi connectivity index (χ1n) is 9.07. The fourth-order valence-electron chi connectivity index (χ4n) is 4.23. The van der Waals surface area contributed by atoms with Crippen LogP contribution < -0.4 is 0 Å². The predicted molar refractivity (Wildman–Crippen MR) is 92.5 cm³/mol. The number of aromatic nitrogens is 2. The van der Waals surface area contributed by atoms with Crippen molar-refractivity contribution in [1.82, 2.24) is 19.4 Å². The van der Waals surface area contributed by atoms with Gasteiger partial charge in [-0.25, -0.2) is 4.98 Å². The number of imidazole rings is 1. The number of methoxy groups -OCH3 is 1. The van der Waals surface area contributed by atoms with Crippen LogP contribution in [0.15, 0.2) is 12.4 Å². The number of hydrogen-bond acceptors (Lipinski definition) is 4. The van der Waals surface area contributed by atoms with Crippen LogP contribution in [-0.4, -0.2) is 65.2 Å². The molecule has 24 heavy (non-hydrogen) atoms. The quantitative estimate of drug-likeness (QED) is 0.743.